The molecule has 0 unspecified atom stereocenters. The third-order valence-corrected chi connectivity index (χ3v) is 3.49. The van der Waals surface area contributed by atoms with Crippen LogP contribution in [-0.4, -0.2) is 19.0 Å². The number of nitrogens with one attached hydrogen (secondary N) is 1. The lowest BCUT2D eigenvalue weighted by molar-refractivity contribution is 0.296. The maximum atomic E-state index is 5.80. The summed E-state index contributed by atoms with van der Waals surface area (Å²) in [5, 5.41) is 3.16. The maximum absolute atomic E-state index is 5.80. The molecule has 1 saturated carbocycles. The second-order valence-electron chi connectivity index (χ2n) is 5.13. The van der Waals surface area contributed by atoms with E-state index in [1.165, 1.54) is 32.1 Å². The van der Waals surface area contributed by atoms with E-state index in [0.29, 0.717) is 5.96 Å². The van der Waals surface area contributed by atoms with Crippen molar-refractivity contribution in [3.63, 3.8) is 0 Å². The fourth-order valence-corrected chi connectivity index (χ4v) is 2.19. The highest BCUT2D eigenvalue weighted by Crippen LogP contribution is 2.28. The van der Waals surface area contributed by atoms with Crippen LogP contribution in [0.15, 0.2) is 4.99 Å². The monoisotopic (exact) mass is 225 g/mol. The molecule has 0 aromatic carbocycles. The lowest BCUT2D eigenvalue weighted by Crippen LogP contribution is -2.33. The molecule has 0 aromatic rings. The highest BCUT2D eigenvalue weighted by Gasteiger charge is 2.17. The molecule has 0 spiro atoms. The fourth-order valence-electron chi connectivity index (χ4n) is 2.19. The van der Waals surface area contributed by atoms with Crippen LogP contribution < -0.4 is 11.1 Å². The van der Waals surface area contributed by atoms with Crippen LogP contribution in [0, 0.1) is 11.8 Å². The van der Waals surface area contributed by atoms with Gasteiger partial charge < -0.3 is 11.1 Å². The van der Waals surface area contributed by atoms with E-state index in [9.17, 15) is 0 Å². The number of rotatable bonds is 5. The maximum Gasteiger partial charge on any atom is 0.188 e. The molecule has 0 heterocycles. The Morgan fingerprint density at radius 2 is 2.00 bits per heavy atom. The first-order valence-corrected chi connectivity index (χ1v) is 6.76. The van der Waals surface area contributed by atoms with E-state index in [4.69, 9.17) is 5.73 Å². The standard InChI is InChI=1S/C13H27N3/c1-3-4-9-15-13(14)16-10-12-7-5-11(2)6-8-12/h11-12H,3-10H2,1-2H3,(H3,14,15,16). The van der Waals surface area contributed by atoms with E-state index in [-0.39, 0.29) is 0 Å². The summed E-state index contributed by atoms with van der Waals surface area (Å²) in [5.74, 6) is 2.31. The second-order valence-corrected chi connectivity index (χ2v) is 5.13. The highest BCUT2D eigenvalue weighted by atomic mass is 15.1. The Kier molecular flexibility index (Phi) is 6.27. The normalized spacial score (nSPS) is 26.8. The van der Waals surface area contributed by atoms with Gasteiger partial charge in [-0.25, -0.2) is 0 Å². The van der Waals surface area contributed by atoms with Crippen molar-refractivity contribution in [1.82, 2.24) is 5.32 Å². The third kappa shape index (κ3) is 5.38. The van der Waals surface area contributed by atoms with E-state index < -0.39 is 0 Å². The first kappa shape index (κ1) is 13.3. The molecule has 1 aliphatic rings. The largest absolute Gasteiger partial charge is 0.370 e. The smallest absolute Gasteiger partial charge is 0.188 e. The Balaban J connectivity index is 2.14. The zero-order chi connectivity index (χ0) is 11.8. The summed E-state index contributed by atoms with van der Waals surface area (Å²) >= 11 is 0. The molecule has 3 heteroatoms. The van der Waals surface area contributed by atoms with Crippen LogP contribution in [0.2, 0.25) is 0 Å². The van der Waals surface area contributed by atoms with Gasteiger partial charge in [-0.15, -0.1) is 0 Å². The van der Waals surface area contributed by atoms with Gasteiger partial charge in [0.1, 0.15) is 0 Å². The molecule has 1 rings (SSSR count). The van der Waals surface area contributed by atoms with E-state index in [1.54, 1.807) is 0 Å². The highest BCUT2D eigenvalue weighted by molar-refractivity contribution is 5.77. The van der Waals surface area contributed by atoms with Gasteiger partial charge in [0.15, 0.2) is 5.96 Å². The molecule has 16 heavy (non-hydrogen) atoms. The lowest BCUT2D eigenvalue weighted by Gasteiger charge is -2.24. The Morgan fingerprint density at radius 3 is 2.62 bits per heavy atom. The molecule has 0 aromatic heterocycles. The van der Waals surface area contributed by atoms with Crippen LogP contribution in [0.5, 0.6) is 0 Å². The van der Waals surface area contributed by atoms with Gasteiger partial charge in [0, 0.05) is 13.1 Å². The molecule has 0 amide bonds. The van der Waals surface area contributed by atoms with E-state index in [1.807, 2.05) is 0 Å². The van der Waals surface area contributed by atoms with Crippen molar-refractivity contribution in [2.45, 2.75) is 52.4 Å². The number of nitrogens with zero attached hydrogens (tertiary/aromatic N) is 1. The summed E-state index contributed by atoms with van der Waals surface area (Å²) < 4.78 is 0. The Bertz CT molecular complexity index is 205. The summed E-state index contributed by atoms with van der Waals surface area (Å²) in [6.07, 6.45) is 7.74. The van der Waals surface area contributed by atoms with Gasteiger partial charge in [-0.1, -0.05) is 33.1 Å². The Morgan fingerprint density at radius 1 is 1.31 bits per heavy atom. The first-order valence-electron chi connectivity index (χ1n) is 6.76. The average molecular weight is 225 g/mol. The van der Waals surface area contributed by atoms with Crippen molar-refractivity contribution in [3.8, 4) is 0 Å². The minimum atomic E-state index is 0.632. The van der Waals surface area contributed by atoms with E-state index >= 15 is 0 Å². The number of guanidine groups is 1. The quantitative estimate of drug-likeness (QED) is 0.429. The number of unbranched alkanes of at least 4 members (excludes halogenated alkanes) is 1. The molecule has 1 aliphatic carbocycles. The molecule has 0 bridgehead atoms. The van der Waals surface area contributed by atoms with Crippen molar-refractivity contribution in [3.05, 3.63) is 0 Å². The van der Waals surface area contributed by atoms with Gasteiger partial charge in [-0.05, 0) is 31.1 Å². The Hall–Kier alpha value is -0.730. The summed E-state index contributed by atoms with van der Waals surface area (Å²) in [7, 11) is 0. The van der Waals surface area contributed by atoms with Gasteiger partial charge in [0.2, 0.25) is 0 Å². The number of aliphatic imine (C=N–C) groups is 1. The molecule has 0 atom stereocenters. The molecule has 1 fully saturated rings. The summed E-state index contributed by atoms with van der Waals surface area (Å²) in [5.41, 5.74) is 5.80. The summed E-state index contributed by atoms with van der Waals surface area (Å²) in [6, 6.07) is 0. The van der Waals surface area contributed by atoms with Crippen molar-refractivity contribution >= 4 is 5.96 Å². The molecule has 0 saturated heterocycles. The molecule has 0 radical (unpaired) electrons. The van der Waals surface area contributed by atoms with E-state index in [2.05, 4.69) is 24.2 Å². The average Bonchev–Trinajstić information content (AvgIpc) is 2.29. The molecule has 3 nitrogen and oxygen atoms in total. The van der Waals surface area contributed by atoms with Gasteiger partial charge >= 0.3 is 0 Å². The van der Waals surface area contributed by atoms with Crippen molar-refractivity contribution in [2.75, 3.05) is 13.1 Å². The van der Waals surface area contributed by atoms with Gasteiger partial charge in [0.05, 0.1) is 0 Å². The third-order valence-electron chi connectivity index (χ3n) is 3.49. The number of nitrogens with two attached hydrogens (primary N) is 1. The predicted octanol–water partition coefficient (Wildman–Crippen LogP) is 2.52. The SMILES string of the molecule is CCCCNC(N)=NCC1CCC(C)CC1. The van der Waals surface area contributed by atoms with Gasteiger partial charge in [-0.3, -0.25) is 4.99 Å². The predicted molar refractivity (Wildman–Crippen MR) is 70.5 cm³/mol. The van der Waals surface area contributed by atoms with Crippen LogP contribution in [0.1, 0.15) is 52.4 Å². The van der Waals surface area contributed by atoms with Crippen LogP contribution >= 0.6 is 0 Å². The van der Waals surface area contributed by atoms with Crippen LogP contribution in [0.3, 0.4) is 0 Å². The second kappa shape index (κ2) is 7.53. The summed E-state index contributed by atoms with van der Waals surface area (Å²) in [6.45, 7) is 6.39. The van der Waals surface area contributed by atoms with E-state index in [0.717, 1.165) is 31.3 Å². The molecule has 0 aliphatic heterocycles. The molecule has 94 valence electrons. The van der Waals surface area contributed by atoms with Crippen LogP contribution in [0.25, 0.3) is 0 Å². The number of hydrogen-bond donors (Lipinski definition) is 2. The zero-order valence-electron chi connectivity index (χ0n) is 10.8. The van der Waals surface area contributed by atoms with Crippen LogP contribution in [0.4, 0.5) is 0 Å². The first-order chi connectivity index (χ1) is 7.72. The van der Waals surface area contributed by atoms with Crippen LogP contribution in [-0.2, 0) is 0 Å². The fraction of sp³-hybridized carbons (Fsp3) is 0.923. The van der Waals surface area contributed by atoms with Crippen molar-refractivity contribution in [1.29, 1.82) is 0 Å². The van der Waals surface area contributed by atoms with Gasteiger partial charge in [-0.2, -0.15) is 0 Å². The van der Waals surface area contributed by atoms with Crippen molar-refractivity contribution in [2.24, 2.45) is 22.6 Å². The number of hydrogen-bond acceptors (Lipinski definition) is 1. The van der Waals surface area contributed by atoms with Crippen molar-refractivity contribution < 1.29 is 0 Å². The molecular formula is C13H27N3. The zero-order valence-corrected chi connectivity index (χ0v) is 10.8. The lowest BCUT2D eigenvalue weighted by atomic mass is 9.83. The minimum Gasteiger partial charge on any atom is -0.370 e. The molecular weight excluding hydrogens is 198 g/mol. The summed E-state index contributed by atoms with van der Waals surface area (Å²) in [4.78, 5) is 4.43. The Labute approximate surface area is 99.9 Å². The van der Waals surface area contributed by atoms with Gasteiger partial charge in [0.25, 0.3) is 0 Å². The minimum absolute atomic E-state index is 0.632. The topological polar surface area (TPSA) is 50.4 Å². The molecule has 3 N–H and O–H groups in total.